The standard InChI is InChI=1S/C16H22N6/c1-11-6-12(2)22(18-11)13(3)8-21-10-17-7-16(21)15-9-20(5)19-14(15)4/h6-7,9-10,13H,8H2,1-5H3/t13-/m0/s1. The molecule has 0 aliphatic carbocycles. The molecule has 1 atom stereocenters. The molecule has 0 spiro atoms. The van der Waals surface area contributed by atoms with Crippen LogP contribution in [0.15, 0.2) is 24.8 Å². The van der Waals surface area contributed by atoms with Crippen molar-refractivity contribution in [2.75, 3.05) is 0 Å². The van der Waals surface area contributed by atoms with Gasteiger partial charge in [-0.15, -0.1) is 0 Å². The largest absolute Gasteiger partial charge is 0.328 e. The molecule has 0 aliphatic rings. The highest BCUT2D eigenvalue weighted by molar-refractivity contribution is 5.60. The molecule has 0 aliphatic heterocycles. The number of nitrogens with zero attached hydrogens (tertiary/aromatic N) is 6. The smallest absolute Gasteiger partial charge is 0.0951 e. The van der Waals surface area contributed by atoms with Gasteiger partial charge in [-0.05, 0) is 33.8 Å². The van der Waals surface area contributed by atoms with Gasteiger partial charge < -0.3 is 4.57 Å². The lowest BCUT2D eigenvalue weighted by Gasteiger charge is -2.16. The molecule has 0 saturated heterocycles. The third kappa shape index (κ3) is 2.56. The average molecular weight is 298 g/mol. The van der Waals surface area contributed by atoms with E-state index in [0.717, 1.165) is 29.2 Å². The summed E-state index contributed by atoms with van der Waals surface area (Å²) in [6, 6.07) is 2.37. The van der Waals surface area contributed by atoms with Crippen LogP contribution in [0.5, 0.6) is 0 Å². The monoisotopic (exact) mass is 298 g/mol. The number of hydrogen-bond donors (Lipinski definition) is 0. The fourth-order valence-electron chi connectivity index (χ4n) is 3.00. The van der Waals surface area contributed by atoms with Gasteiger partial charge in [0, 0.05) is 31.0 Å². The molecule has 3 rings (SSSR count). The van der Waals surface area contributed by atoms with Crippen LogP contribution in [0, 0.1) is 20.8 Å². The van der Waals surface area contributed by atoms with E-state index in [1.54, 1.807) is 0 Å². The highest BCUT2D eigenvalue weighted by Gasteiger charge is 2.15. The van der Waals surface area contributed by atoms with E-state index in [0.29, 0.717) is 0 Å². The van der Waals surface area contributed by atoms with Crippen molar-refractivity contribution in [1.82, 2.24) is 29.1 Å². The zero-order valence-electron chi connectivity index (χ0n) is 13.8. The van der Waals surface area contributed by atoms with Gasteiger partial charge in [0.2, 0.25) is 0 Å². The van der Waals surface area contributed by atoms with E-state index in [1.807, 2.05) is 44.3 Å². The van der Waals surface area contributed by atoms with Crippen LogP contribution in [0.4, 0.5) is 0 Å². The lowest BCUT2D eigenvalue weighted by atomic mass is 10.2. The molecule has 0 bridgehead atoms. The van der Waals surface area contributed by atoms with Gasteiger partial charge in [0.15, 0.2) is 0 Å². The SMILES string of the molecule is Cc1cc(C)n([C@@H](C)Cn2cncc2-c2cn(C)nc2C)n1. The second-order valence-corrected chi connectivity index (χ2v) is 5.95. The molecule has 3 aromatic rings. The number of aromatic nitrogens is 6. The van der Waals surface area contributed by atoms with E-state index >= 15 is 0 Å². The van der Waals surface area contributed by atoms with E-state index in [-0.39, 0.29) is 6.04 Å². The van der Waals surface area contributed by atoms with Crippen molar-refractivity contribution >= 4 is 0 Å². The predicted octanol–water partition coefficient (Wildman–Crippen LogP) is 2.67. The highest BCUT2D eigenvalue weighted by atomic mass is 15.3. The van der Waals surface area contributed by atoms with Crippen LogP contribution in [0.2, 0.25) is 0 Å². The van der Waals surface area contributed by atoms with Gasteiger partial charge in [-0.2, -0.15) is 10.2 Å². The topological polar surface area (TPSA) is 53.5 Å². The summed E-state index contributed by atoms with van der Waals surface area (Å²) in [7, 11) is 1.94. The fourth-order valence-corrected chi connectivity index (χ4v) is 3.00. The van der Waals surface area contributed by atoms with Crippen LogP contribution in [-0.2, 0) is 13.6 Å². The molecule has 116 valence electrons. The summed E-state index contributed by atoms with van der Waals surface area (Å²) in [5.41, 5.74) is 5.48. The third-order valence-electron chi connectivity index (χ3n) is 3.92. The summed E-state index contributed by atoms with van der Waals surface area (Å²) >= 11 is 0. The maximum Gasteiger partial charge on any atom is 0.0951 e. The molecular formula is C16H22N6. The van der Waals surface area contributed by atoms with Crippen LogP contribution < -0.4 is 0 Å². The van der Waals surface area contributed by atoms with Crippen LogP contribution in [-0.4, -0.2) is 29.1 Å². The summed E-state index contributed by atoms with van der Waals surface area (Å²) in [4.78, 5) is 4.32. The van der Waals surface area contributed by atoms with E-state index in [9.17, 15) is 0 Å². The van der Waals surface area contributed by atoms with Gasteiger partial charge in [0.25, 0.3) is 0 Å². The molecule has 0 unspecified atom stereocenters. The zero-order chi connectivity index (χ0) is 15.9. The van der Waals surface area contributed by atoms with Gasteiger partial charge >= 0.3 is 0 Å². The minimum absolute atomic E-state index is 0.263. The van der Waals surface area contributed by atoms with Crippen molar-refractivity contribution in [2.24, 2.45) is 7.05 Å². The van der Waals surface area contributed by atoms with Crippen LogP contribution in [0.3, 0.4) is 0 Å². The second kappa shape index (κ2) is 5.44. The van der Waals surface area contributed by atoms with Crippen molar-refractivity contribution in [2.45, 2.75) is 40.3 Å². The van der Waals surface area contributed by atoms with E-state index in [1.165, 1.54) is 5.69 Å². The quantitative estimate of drug-likeness (QED) is 0.744. The van der Waals surface area contributed by atoms with E-state index in [2.05, 4.69) is 44.3 Å². The van der Waals surface area contributed by atoms with Crippen molar-refractivity contribution in [3.05, 3.63) is 41.9 Å². The maximum atomic E-state index is 4.58. The number of aryl methyl sites for hydroxylation is 4. The molecule has 0 amide bonds. The summed E-state index contributed by atoms with van der Waals surface area (Å²) in [5, 5.41) is 9.00. The predicted molar refractivity (Wildman–Crippen MR) is 85.6 cm³/mol. The normalized spacial score (nSPS) is 12.8. The molecule has 6 nitrogen and oxygen atoms in total. The zero-order valence-corrected chi connectivity index (χ0v) is 13.8. The first-order valence-corrected chi connectivity index (χ1v) is 7.49. The van der Waals surface area contributed by atoms with Crippen LogP contribution in [0.1, 0.15) is 30.0 Å². The molecule has 0 saturated carbocycles. The Hall–Kier alpha value is -2.37. The fraction of sp³-hybridized carbons (Fsp3) is 0.438. The Morgan fingerprint density at radius 3 is 2.55 bits per heavy atom. The van der Waals surface area contributed by atoms with Crippen LogP contribution >= 0.6 is 0 Å². The third-order valence-corrected chi connectivity index (χ3v) is 3.92. The van der Waals surface area contributed by atoms with Crippen LogP contribution in [0.25, 0.3) is 11.3 Å². The van der Waals surface area contributed by atoms with Crippen molar-refractivity contribution in [3.8, 4) is 11.3 Å². The first-order valence-electron chi connectivity index (χ1n) is 7.49. The number of imidazole rings is 1. The summed E-state index contributed by atoms with van der Waals surface area (Å²) < 4.78 is 6.09. The lowest BCUT2D eigenvalue weighted by Crippen LogP contribution is -2.15. The summed E-state index contributed by atoms with van der Waals surface area (Å²) in [6.45, 7) is 9.15. The van der Waals surface area contributed by atoms with Gasteiger partial charge in [0.1, 0.15) is 0 Å². The molecule has 6 heteroatoms. The molecule has 0 N–H and O–H groups in total. The molecule has 3 aromatic heterocycles. The minimum Gasteiger partial charge on any atom is -0.328 e. The second-order valence-electron chi connectivity index (χ2n) is 5.95. The van der Waals surface area contributed by atoms with Crippen molar-refractivity contribution in [3.63, 3.8) is 0 Å². The van der Waals surface area contributed by atoms with Crippen molar-refractivity contribution in [1.29, 1.82) is 0 Å². The Morgan fingerprint density at radius 2 is 1.95 bits per heavy atom. The first kappa shape index (κ1) is 14.6. The molecular weight excluding hydrogens is 276 g/mol. The highest BCUT2D eigenvalue weighted by Crippen LogP contribution is 2.24. The Balaban J connectivity index is 1.90. The van der Waals surface area contributed by atoms with Gasteiger partial charge in [-0.25, -0.2) is 4.98 Å². The number of rotatable bonds is 4. The Labute approximate surface area is 130 Å². The Kier molecular flexibility index (Phi) is 3.60. The average Bonchev–Trinajstić information content (AvgIpc) is 3.09. The Morgan fingerprint density at radius 1 is 1.18 bits per heavy atom. The van der Waals surface area contributed by atoms with Gasteiger partial charge in [-0.3, -0.25) is 9.36 Å². The number of hydrogen-bond acceptors (Lipinski definition) is 3. The summed E-state index contributed by atoms with van der Waals surface area (Å²) in [6.07, 6.45) is 5.82. The lowest BCUT2D eigenvalue weighted by molar-refractivity contribution is 0.418. The molecule has 22 heavy (non-hydrogen) atoms. The molecule has 0 fully saturated rings. The van der Waals surface area contributed by atoms with E-state index in [4.69, 9.17) is 0 Å². The molecule has 0 radical (unpaired) electrons. The maximum absolute atomic E-state index is 4.58. The first-order chi connectivity index (χ1) is 10.5. The van der Waals surface area contributed by atoms with Gasteiger partial charge in [-0.1, -0.05) is 0 Å². The Bertz CT molecular complexity index is 792. The van der Waals surface area contributed by atoms with Gasteiger partial charge in [0.05, 0.1) is 35.6 Å². The molecule has 3 heterocycles. The van der Waals surface area contributed by atoms with E-state index < -0.39 is 0 Å². The van der Waals surface area contributed by atoms with Crippen molar-refractivity contribution < 1.29 is 0 Å². The molecule has 0 aromatic carbocycles. The summed E-state index contributed by atoms with van der Waals surface area (Å²) in [5.74, 6) is 0. The minimum atomic E-state index is 0.263.